The van der Waals surface area contributed by atoms with Crippen molar-refractivity contribution in [1.82, 2.24) is 0 Å². The van der Waals surface area contributed by atoms with Crippen LogP contribution >= 0.6 is 0 Å². The van der Waals surface area contributed by atoms with E-state index in [1.54, 1.807) is 24.3 Å². The molecule has 0 spiro atoms. The van der Waals surface area contributed by atoms with Gasteiger partial charge in [0.15, 0.2) is 0 Å². The van der Waals surface area contributed by atoms with Gasteiger partial charge in [-0.1, -0.05) is 85.1 Å². The highest BCUT2D eigenvalue weighted by Gasteiger charge is 2.44. The van der Waals surface area contributed by atoms with Gasteiger partial charge in [0.2, 0.25) is 0 Å². The molecule has 14 nitrogen and oxygen atoms in total. The molecule has 0 radical (unpaired) electrons. The summed E-state index contributed by atoms with van der Waals surface area (Å²) in [7, 11) is 0. The van der Waals surface area contributed by atoms with Crippen molar-refractivity contribution in [3.05, 3.63) is 50.6 Å². The van der Waals surface area contributed by atoms with Gasteiger partial charge in [0.05, 0.1) is 52.9 Å². The van der Waals surface area contributed by atoms with E-state index in [9.17, 15) is 19.2 Å². The molecule has 0 bridgehead atoms. The molecule has 2 rings (SSSR count). The van der Waals surface area contributed by atoms with Crippen LogP contribution in [-0.2, 0) is 66.5 Å². The number of carbonyl (C=O) groups is 4. The first-order chi connectivity index (χ1) is 31.4. The molecule has 2 aliphatic carbocycles. The van der Waals surface area contributed by atoms with Gasteiger partial charge in [0, 0.05) is 25.7 Å². The summed E-state index contributed by atoms with van der Waals surface area (Å²) in [6, 6.07) is 0. The molecule has 2 fully saturated rings. The Hall–Kier alpha value is -3.40. The lowest BCUT2D eigenvalue weighted by Crippen LogP contribution is -2.32. The third kappa shape index (κ3) is 26.8. The summed E-state index contributed by atoms with van der Waals surface area (Å²) in [5.74, 6) is 0.987. The van der Waals surface area contributed by atoms with E-state index in [1.807, 2.05) is 27.7 Å². The molecule has 4 atom stereocenters. The van der Waals surface area contributed by atoms with Crippen molar-refractivity contribution < 1.29 is 66.5 Å². The van der Waals surface area contributed by atoms with Crippen LogP contribution in [0.5, 0.6) is 0 Å². The van der Waals surface area contributed by atoms with Gasteiger partial charge in [-0.05, 0) is 77.0 Å². The summed E-state index contributed by atoms with van der Waals surface area (Å²) in [6.07, 6.45) is 17.2. The van der Waals surface area contributed by atoms with Gasteiger partial charge in [-0.3, -0.25) is 0 Å². The second kappa shape index (κ2) is 34.8. The predicted octanol–water partition coefficient (Wildman–Crippen LogP) is 9.91. The van der Waals surface area contributed by atoms with Gasteiger partial charge < -0.3 is 47.4 Å². The average Bonchev–Trinajstić information content (AvgIpc) is 3.77. The maximum absolute atomic E-state index is 12.2. The van der Waals surface area contributed by atoms with Gasteiger partial charge in [0.25, 0.3) is 0 Å². The highest BCUT2D eigenvalue weighted by molar-refractivity contribution is 5.72. The lowest BCUT2D eigenvalue weighted by Gasteiger charge is -2.27. The molecule has 0 saturated heterocycles. The van der Waals surface area contributed by atoms with Crippen LogP contribution in [0.2, 0.25) is 0 Å². The number of hydrogen-bond acceptors (Lipinski definition) is 14. The second-order valence-electron chi connectivity index (χ2n) is 18.6. The second-order valence-corrected chi connectivity index (χ2v) is 18.6. The fraction of sp³-hybridized carbons (Fsp3) is 0.774. The summed E-state index contributed by atoms with van der Waals surface area (Å²) < 4.78 is 54.5. The van der Waals surface area contributed by atoms with E-state index in [2.05, 4.69) is 54.0 Å². The molecule has 2 aliphatic rings. The fourth-order valence-electron chi connectivity index (χ4n) is 9.20. The van der Waals surface area contributed by atoms with Gasteiger partial charge in [-0.25, -0.2) is 19.2 Å². The maximum atomic E-state index is 12.2. The van der Waals surface area contributed by atoms with Crippen molar-refractivity contribution in [2.45, 2.75) is 162 Å². The zero-order chi connectivity index (χ0) is 49.5. The minimum absolute atomic E-state index is 0. The number of ether oxygens (including phenoxy) is 10. The maximum Gasteiger partial charge on any atom is 0.332 e. The lowest BCUT2D eigenvalue weighted by molar-refractivity contribution is -0.165. The molecule has 0 aromatic rings. The Morgan fingerprint density at radius 1 is 0.448 bits per heavy atom. The number of esters is 4. The number of hydrogen-bond donors (Lipinski definition) is 0. The first-order valence-corrected chi connectivity index (χ1v) is 24.2. The highest BCUT2D eigenvalue weighted by atomic mass is 16.6. The van der Waals surface area contributed by atoms with Crippen molar-refractivity contribution >= 4 is 23.9 Å². The van der Waals surface area contributed by atoms with Crippen LogP contribution in [0.15, 0.2) is 50.6 Å². The Morgan fingerprint density at radius 2 is 0.672 bits per heavy atom. The van der Waals surface area contributed by atoms with Crippen LogP contribution < -0.4 is 0 Å². The minimum atomic E-state index is -0.659. The van der Waals surface area contributed by atoms with Gasteiger partial charge in [-0.15, -0.1) is 26.3 Å². The summed E-state index contributed by atoms with van der Waals surface area (Å²) >= 11 is 0. The van der Waals surface area contributed by atoms with E-state index in [-0.39, 0.29) is 83.4 Å². The van der Waals surface area contributed by atoms with Crippen molar-refractivity contribution in [1.29, 1.82) is 0 Å². The summed E-state index contributed by atoms with van der Waals surface area (Å²) in [5.41, 5.74) is -2.07. The highest BCUT2D eigenvalue weighted by Crippen LogP contribution is 2.45. The normalized spacial score (nSPS) is 22.3. The zero-order valence-electron chi connectivity index (χ0n) is 42.1. The van der Waals surface area contributed by atoms with Crippen molar-refractivity contribution in [2.24, 2.45) is 23.7 Å². The van der Waals surface area contributed by atoms with E-state index in [4.69, 9.17) is 47.4 Å². The molecule has 4 unspecified atom stereocenters. The number of carbonyl (C=O) groups excluding carboxylic acids is 4. The Kier molecular flexibility index (Phi) is 33.0. The van der Waals surface area contributed by atoms with Crippen LogP contribution in [0.1, 0.15) is 140 Å². The Bertz CT molecular complexity index is 1300. The number of rotatable bonds is 36. The largest absolute Gasteiger partial charge is 0.458 e. The first kappa shape index (κ1) is 63.6. The van der Waals surface area contributed by atoms with E-state index in [1.165, 1.54) is 0 Å². The predicted molar refractivity (Wildman–Crippen MR) is 262 cm³/mol. The molecule has 0 aromatic carbocycles. The molecule has 0 aliphatic heterocycles. The summed E-state index contributed by atoms with van der Waals surface area (Å²) in [4.78, 5) is 48.2. The first-order valence-electron chi connectivity index (χ1n) is 24.2. The van der Waals surface area contributed by atoms with Crippen molar-refractivity contribution in [3.63, 3.8) is 0 Å². The molecule has 2 saturated carbocycles. The van der Waals surface area contributed by atoms with Crippen LogP contribution in [0, 0.1) is 23.7 Å². The molecule has 67 heavy (non-hydrogen) atoms. The monoisotopic (exact) mass is 953 g/mol. The molecule has 0 amide bonds. The topological polar surface area (TPSA) is 161 Å². The molecule has 0 aromatic heterocycles. The van der Waals surface area contributed by atoms with E-state index >= 15 is 0 Å². The molecular formula is C53H92O14. The Balaban J connectivity index is 0.00000129. The van der Waals surface area contributed by atoms with Crippen molar-refractivity contribution in [3.8, 4) is 0 Å². The van der Waals surface area contributed by atoms with Crippen LogP contribution in [0.3, 0.4) is 0 Å². The molecular weight excluding hydrogens is 861 g/mol. The zero-order valence-corrected chi connectivity index (χ0v) is 42.1. The Labute approximate surface area is 405 Å². The molecule has 0 N–H and O–H groups in total. The standard InChI is InChI=1S/C28H50O7.C24H38O7.CH4/c1-7-21-15-27(5,16-22(21)8-2)34-25(29)19-32-13-11-31-12-14-33-20-26(30)35-28(6)17-23(9-3)24(10-4)18-28;1-7-11-23(5,12-8-2)30-21(25)19-28-17-15-27-16-18-29-20-22(26)31-24(6,13-9-3)14-10-4;/h21-24H,7-20H2,1-6H3;7-10H,1-4,11-20H2,5-6H3;1H4. The van der Waals surface area contributed by atoms with E-state index < -0.39 is 23.1 Å². The lowest BCUT2D eigenvalue weighted by atomic mass is 9.92. The van der Waals surface area contributed by atoms with E-state index in [0.29, 0.717) is 75.8 Å². The van der Waals surface area contributed by atoms with Crippen LogP contribution in [-0.4, -0.2) is 126 Å². The van der Waals surface area contributed by atoms with Gasteiger partial charge in [-0.2, -0.15) is 0 Å². The van der Waals surface area contributed by atoms with E-state index in [0.717, 1.165) is 51.4 Å². The Morgan fingerprint density at radius 3 is 0.896 bits per heavy atom. The quantitative estimate of drug-likeness (QED) is 0.0253. The third-order valence-electron chi connectivity index (χ3n) is 12.3. The van der Waals surface area contributed by atoms with Crippen molar-refractivity contribution in [2.75, 3.05) is 79.3 Å². The average molecular weight is 953 g/mol. The summed E-state index contributed by atoms with van der Waals surface area (Å²) in [5, 5.41) is 0. The fourth-order valence-corrected chi connectivity index (χ4v) is 9.20. The molecule has 14 heteroatoms. The van der Waals surface area contributed by atoms with Gasteiger partial charge in [0.1, 0.15) is 48.8 Å². The molecule has 0 heterocycles. The SMILES string of the molecule is C.C=CCC(C)(CC=C)OC(=O)COCCOCCOCC(=O)OC(C)(CC=C)CC=C.CCC1CC(C)(OC(=O)COCCOCCOCC(=O)OC2(C)CC(CC)C(CC)C2)CC1CC. The smallest absolute Gasteiger partial charge is 0.332 e. The minimum Gasteiger partial charge on any atom is -0.458 e. The van der Waals surface area contributed by atoms with Crippen LogP contribution in [0.4, 0.5) is 0 Å². The summed E-state index contributed by atoms with van der Waals surface area (Å²) in [6.45, 7) is 33.2. The third-order valence-corrected chi connectivity index (χ3v) is 12.3. The molecule has 388 valence electrons. The van der Waals surface area contributed by atoms with Gasteiger partial charge >= 0.3 is 23.9 Å². The van der Waals surface area contributed by atoms with Crippen LogP contribution in [0.25, 0.3) is 0 Å².